The van der Waals surface area contributed by atoms with Crippen molar-refractivity contribution in [3.05, 3.63) is 15.4 Å². The third kappa shape index (κ3) is 3.52. The van der Waals surface area contributed by atoms with Crippen molar-refractivity contribution in [3.63, 3.8) is 0 Å². The predicted octanol–water partition coefficient (Wildman–Crippen LogP) is 0.514. The van der Waals surface area contributed by atoms with Crippen molar-refractivity contribution in [1.29, 1.82) is 0 Å². The number of halogens is 1. The molecule has 0 saturated heterocycles. The molecule has 0 saturated carbocycles. The summed E-state index contributed by atoms with van der Waals surface area (Å²) in [5.74, 6) is -0.758. The van der Waals surface area contributed by atoms with Crippen molar-refractivity contribution in [2.24, 2.45) is 5.73 Å². The maximum absolute atomic E-state index is 11.6. The van der Waals surface area contributed by atoms with E-state index in [1.807, 2.05) is 4.89 Å². The predicted molar refractivity (Wildman–Crippen MR) is 62.2 cm³/mol. The summed E-state index contributed by atoms with van der Waals surface area (Å²) in [6, 6.07) is 1.49. The molecule has 16 heavy (non-hydrogen) atoms. The molecule has 9 heteroatoms. The Morgan fingerprint density at radius 1 is 1.69 bits per heavy atom. The first-order chi connectivity index (χ1) is 7.33. The minimum Gasteiger partial charge on any atom is -0.368 e. The molecule has 0 fully saturated rings. The second kappa shape index (κ2) is 5.23. The third-order valence-corrected chi connectivity index (χ3v) is 5.31. The Hall–Kier alpha value is -0.480. The molecule has 1 heterocycles. The van der Waals surface area contributed by atoms with E-state index < -0.39 is 22.5 Å². The fraction of sp³-hybridized carbons (Fsp3) is 0.286. The Morgan fingerprint density at radius 2 is 2.31 bits per heavy atom. The van der Waals surface area contributed by atoms with Crippen molar-refractivity contribution in [2.75, 3.05) is 6.61 Å². The van der Waals surface area contributed by atoms with E-state index in [2.05, 4.69) is 20.8 Å². The lowest BCUT2D eigenvalue weighted by molar-refractivity contribution is -0.123. The van der Waals surface area contributed by atoms with Crippen molar-refractivity contribution in [1.82, 2.24) is 4.89 Å². The van der Waals surface area contributed by atoms with Crippen LogP contribution in [0.3, 0.4) is 0 Å². The van der Waals surface area contributed by atoms with Crippen LogP contribution in [-0.4, -0.2) is 20.9 Å². The van der Waals surface area contributed by atoms with Crippen LogP contribution in [0.4, 0.5) is 0 Å². The van der Waals surface area contributed by atoms with Gasteiger partial charge in [-0.1, -0.05) is 4.89 Å². The average molecular weight is 329 g/mol. The van der Waals surface area contributed by atoms with Gasteiger partial charge in [0.25, 0.3) is 10.0 Å². The zero-order chi connectivity index (χ0) is 12.3. The monoisotopic (exact) mass is 328 g/mol. The number of aryl methyl sites for hydroxylation is 1. The quantitative estimate of drug-likeness (QED) is 0.769. The van der Waals surface area contributed by atoms with Gasteiger partial charge in [-0.05, 0) is 34.5 Å². The SMILES string of the molecule is Cc1cc(S(=O)(=O)NOCC(N)=O)sc1Br. The fourth-order valence-corrected chi connectivity index (χ4v) is 3.79. The summed E-state index contributed by atoms with van der Waals surface area (Å²) in [5.41, 5.74) is 5.59. The van der Waals surface area contributed by atoms with Gasteiger partial charge in [-0.2, -0.15) is 0 Å². The number of hydrogen-bond donors (Lipinski definition) is 2. The highest BCUT2D eigenvalue weighted by atomic mass is 79.9. The Labute approximate surface area is 105 Å². The number of nitrogens with one attached hydrogen (secondary N) is 1. The van der Waals surface area contributed by atoms with Gasteiger partial charge in [0.05, 0.1) is 3.79 Å². The topological polar surface area (TPSA) is 98.5 Å². The van der Waals surface area contributed by atoms with Gasteiger partial charge in [0, 0.05) is 0 Å². The Kier molecular flexibility index (Phi) is 4.44. The second-order valence-corrected chi connectivity index (χ2v) is 7.11. The molecular weight excluding hydrogens is 320 g/mol. The van der Waals surface area contributed by atoms with Crippen molar-refractivity contribution in [3.8, 4) is 0 Å². The van der Waals surface area contributed by atoms with E-state index in [9.17, 15) is 13.2 Å². The lowest BCUT2D eigenvalue weighted by Crippen LogP contribution is -2.29. The normalized spacial score (nSPS) is 11.6. The minimum atomic E-state index is -3.75. The van der Waals surface area contributed by atoms with Crippen LogP contribution < -0.4 is 10.6 Å². The molecule has 0 radical (unpaired) electrons. The van der Waals surface area contributed by atoms with Gasteiger partial charge in [-0.15, -0.1) is 11.3 Å². The second-order valence-electron chi connectivity index (χ2n) is 2.86. The van der Waals surface area contributed by atoms with E-state index in [0.29, 0.717) is 0 Å². The van der Waals surface area contributed by atoms with Gasteiger partial charge in [0.15, 0.2) is 0 Å². The summed E-state index contributed by atoms with van der Waals surface area (Å²) >= 11 is 4.26. The minimum absolute atomic E-state index is 0.0985. The molecule has 0 aliphatic rings. The number of hydrogen-bond acceptors (Lipinski definition) is 5. The molecular formula is C7H9BrN2O4S2. The van der Waals surface area contributed by atoms with Crippen LogP contribution in [0.2, 0.25) is 0 Å². The molecule has 0 atom stereocenters. The molecule has 0 spiro atoms. The highest BCUT2D eigenvalue weighted by molar-refractivity contribution is 9.11. The number of sulfonamides is 1. The van der Waals surface area contributed by atoms with Crippen LogP contribution in [-0.2, 0) is 19.7 Å². The molecule has 1 aromatic heterocycles. The van der Waals surface area contributed by atoms with E-state index in [-0.39, 0.29) is 4.21 Å². The first kappa shape index (κ1) is 13.6. The average Bonchev–Trinajstić information content (AvgIpc) is 2.46. The first-order valence-corrected chi connectivity index (χ1v) is 7.10. The zero-order valence-electron chi connectivity index (χ0n) is 8.19. The van der Waals surface area contributed by atoms with Gasteiger partial charge in [0.1, 0.15) is 10.8 Å². The van der Waals surface area contributed by atoms with E-state index in [0.717, 1.165) is 20.7 Å². The van der Waals surface area contributed by atoms with E-state index in [4.69, 9.17) is 5.73 Å². The Balaban J connectivity index is 2.74. The number of amides is 1. The largest absolute Gasteiger partial charge is 0.368 e. The zero-order valence-corrected chi connectivity index (χ0v) is 11.4. The van der Waals surface area contributed by atoms with Crippen LogP contribution >= 0.6 is 27.3 Å². The maximum atomic E-state index is 11.6. The number of carbonyl (C=O) groups excluding carboxylic acids is 1. The summed E-state index contributed by atoms with van der Waals surface area (Å²) in [4.78, 5) is 16.6. The summed E-state index contributed by atoms with van der Waals surface area (Å²) in [5, 5.41) is 0. The molecule has 0 aromatic carbocycles. The van der Waals surface area contributed by atoms with Gasteiger partial charge in [-0.25, -0.2) is 8.42 Å². The molecule has 3 N–H and O–H groups in total. The van der Waals surface area contributed by atoms with E-state index in [1.165, 1.54) is 6.07 Å². The summed E-state index contributed by atoms with van der Waals surface area (Å²) < 4.78 is 24.0. The number of nitrogens with two attached hydrogens (primary N) is 1. The standard InChI is InChI=1S/C7H9BrN2O4S2/c1-4-2-6(15-7(4)8)16(12,13)10-14-3-5(9)11/h2,10H,3H2,1H3,(H2,9,11). The summed E-state index contributed by atoms with van der Waals surface area (Å²) in [6.07, 6.45) is 0. The molecule has 90 valence electrons. The van der Waals surface area contributed by atoms with E-state index in [1.54, 1.807) is 6.92 Å². The Bertz CT molecular complexity index is 477. The number of thiophene rings is 1. The molecule has 6 nitrogen and oxygen atoms in total. The molecule has 1 amide bonds. The maximum Gasteiger partial charge on any atom is 0.272 e. The highest BCUT2D eigenvalue weighted by Crippen LogP contribution is 2.30. The van der Waals surface area contributed by atoms with Crippen molar-refractivity contribution >= 4 is 43.2 Å². The van der Waals surface area contributed by atoms with Gasteiger partial charge in [0.2, 0.25) is 5.91 Å². The lowest BCUT2D eigenvalue weighted by Gasteiger charge is -2.02. The van der Waals surface area contributed by atoms with Crippen LogP contribution in [0.25, 0.3) is 0 Å². The number of rotatable bonds is 5. The lowest BCUT2D eigenvalue weighted by atomic mass is 10.4. The fourth-order valence-electron chi connectivity index (χ4n) is 0.783. The number of primary amides is 1. The van der Waals surface area contributed by atoms with Crippen LogP contribution in [0, 0.1) is 6.92 Å². The van der Waals surface area contributed by atoms with Crippen molar-refractivity contribution in [2.45, 2.75) is 11.1 Å². The van der Waals surface area contributed by atoms with Gasteiger partial charge in [-0.3, -0.25) is 9.63 Å². The summed E-state index contributed by atoms with van der Waals surface area (Å²) in [7, 11) is -3.75. The molecule has 0 bridgehead atoms. The molecule has 0 aliphatic heterocycles. The highest BCUT2D eigenvalue weighted by Gasteiger charge is 2.18. The first-order valence-electron chi connectivity index (χ1n) is 4.01. The Morgan fingerprint density at radius 3 is 2.75 bits per heavy atom. The van der Waals surface area contributed by atoms with Gasteiger partial charge >= 0.3 is 0 Å². The third-order valence-electron chi connectivity index (χ3n) is 1.48. The molecule has 1 aromatic rings. The smallest absolute Gasteiger partial charge is 0.272 e. The van der Waals surface area contributed by atoms with Gasteiger partial charge < -0.3 is 5.73 Å². The molecule has 0 aliphatic carbocycles. The summed E-state index contributed by atoms with van der Waals surface area (Å²) in [6.45, 7) is 1.26. The molecule has 0 unspecified atom stereocenters. The van der Waals surface area contributed by atoms with Crippen LogP contribution in [0.1, 0.15) is 5.56 Å². The number of carbonyl (C=O) groups is 1. The van der Waals surface area contributed by atoms with E-state index >= 15 is 0 Å². The van der Waals surface area contributed by atoms with Crippen LogP contribution in [0.5, 0.6) is 0 Å². The van der Waals surface area contributed by atoms with Crippen LogP contribution in [0.15, 0.2) is 14.1 Å². The molecule has 1 rings (SSSR count). The van der Waals surface area contributed by atoms with Crippen molar-refractivity contribution < 1.29 is 18.0 Å².